The molecule has 0 amide bonds. The van der Waals surface area contributed by atoms with Gasteiger partial charge >= 0.3 is 0 Å². The fourth-order valence-corrected chi connectivity index (χ4v) is 2.36. The third-order valence-corrected chi connectivity index (χ3v) is 3.20. The Labute approximate surface area is 81.0 Å². The van der Waals surface area contributed by atoms with E-state index in [1.807, 2.05) is 0 Å². The van der Waals surface area contributed by atoms with Crippen LogP contribution in [0.2, 0.25) is 0 Å². The van der Waals surface area contributed by atoms with Gasteiger partial charge in [-0.3, -0.25) is 4.99 Å². The Morgan fingerprint density at radius 2 is 2.08 bits per heavy atom. The first-order chi connectivity index (χ1) is 6.45. The highest BCUT2D eigenvalue weighted by atomic mass is 15.1. The molecule has 0 radical (unpaired) electrons. The molecular formula is C11H20N2. The van der Waals surface area contributed by atoms with E-state index >= 15 is 0 Å². The van der Waals surface area contributed by atoms with Gasteiger partial charge in [0.25, 0.3) is 0 Å². The summed E-state index contributed by atoms with van der Waals surface area (Å²) in [6, 6.07) is 0. The van der Waals surface area contributed by atoms with E-state index in [1.54, 1.807) is 0 Å². The van der Waals surface area contributed by atoms with Crippen molar-refractivity contribution in [3.63, 3.8) is 0 Å². The van der Waals surface area contributed by atoms with Gasteiger partial charge in [-0.15, -0.1) is 0 Å². The third-order valence-electron chi connectivity index (χ3n) is 3.20. The van der Waals surface area contributed by atoms with E-state index in [2.05, 4.69) is 16.1 Å². The minimum atomic E-state index is 0.899. The molecule has 2 heteroatoms. The van der Waals surface area contributed by atoms with E-state index in [-0.39, 0.29) is 0 Å². The maximum atomic E-state index is 4.28. The van der Waals surface area contributed by atoms with Gasteiger partial charge in [0.05, 0.1) is 0 Å². The minimum Gasteiger partial charge on any atom is -0.303 e. The number of aliphatic imine (C=N–C) groups is 1. The zero-order valence-electron chi connectivity index (χ0n) is 8.41. The quantitative estimate of drug-likeness (QED) is 0.634. The van der Waals surface area contributed by atoms with Gasteiger partial charge in [0.1, 0.15) is 0 Å². The molecule has 2 aliphatic rings. The summed E-state index contributed by atoms with van der Waals surface area (Å²) in [6.07, 6.45) is 8.94. The summed E-state index contributed by atoms with van der Waals surface area (Å²) in [6.45, 7) is 5.08. The van der Waals surface area contributed by atoms with E-state index in [4.69, 9.17) is 0 Å². The van der Waals surface area contributed by atoms with E-state index in [1.165, 1.54) is 51.7 Å². The summed E-state index contributed by atoms with van der Waals surface area (Å²) in [4.78, 5) is 6.92. The van der Waals surface area contributed by atoms with Crippen LogP contribution in [0.5, 0.6) is 0 Å². The predicted molar refractivity (Wildman–Crippen MR) is 56.4 cm³/mol. The molecule has 2 aliphatic heterocycles. The SMILES string of the molecule is C1=NCCC(CN2CCCCC2)C1. The van der Waals surface area contributed by atoms with E-state index in [0.717, 1.165) is 12.5 Å². The highest BCUT2D eigenvalue weighted by molar-refractivity contribution is 5.58. The van der Waals surface area contributed by atoms with Gasteiger partial charge in [0.2, 0.25) is 0 Å². The molecule has 0 bridgehead atoms. The summed E-state index contributed by atoms with van der Waals surface area (Å²) in [5, 5.41) is 0. The van der Waals surface area contributed by atoms with Crippen LogP contribution < -0.4 is 0 Å². The zero-order valence-corrected chi connectivity index (χ0v) is 8.41. The molecule has 74 valence electrons. The highest BCUT2D eigenvalue weighted by Crippen LogP contribution is 2.16. The summed E-state index contributed by atoms with van der Waals surface area (Å²) < 4.78 is 0. The molecule has 1 atom stereocenters. The van der Waals surface area contributed by atoms with Crippen molar-refractivity contribution >= 4 is 6.21 Å². The second-order valence-corrected chi connectivity index (χ2v) is 4.34. The van der Waals surface area contributed by atoms with Crippen LogP contribution >= 0.6 is 0 Å². The van der Waals surface area contributed by atoms with Crippen molar-refractivity contribution in [3.8, 4) is 0 Å². The number of rotatable bonds is 2. The Kier molecular flexibility index (Phi) is 3.36. The molecule has 1 saturated heterocycles. The Morgan fingerprint density at radius 3 is 2.77 bits per heavy atom. The molecule has 0 aromatic carbocycles. The van der Waals surface area contributed by atoms with Gasteiger partial charge in [-0.05, 0) is 50.9 Å². The van der Waals surface area contributed by atoms with Crippen LogP contribution in [-0.2, 0) is 0 Å². The summed E-state index contributed by atoms with van der Waals surface area (Å²) in [7, 11) is 0. The topological polar surface area (TPSA) is 15.6 Å². The lowest BCUT2D eigenvalue weighted by Crippen LogP contribution is -2.35. The monoisotopic (exact) mass is 180 g/mol. The molecule has 0 aromatic rings. The second-order valence-electron chi connectivity index (χ2n) is 4.34. The lowest BCUT2D eigenvalue weighted by atomic mass is 9.98. The molecule has 0 saturated carbocycles. The minimum absolute atomic E-state index is 0.899. The van der Waals surface area contributed by atoms with Gasteiger partial charge in [-0.25, -0.2) is 0 Å². The van der Waals surface area contributed by atoms with Crippen LogP contribution in [0.4, 0.5) is 0 Å². The lowest BCUT2D eigenvalue weighted by Gasteiger charge is -2.30. The molecule has 13 heavy (non-hydrogen) atoms. The molecule has 0 aromatic heterocycles. The van der Waals surface area contributed by atoms with E-state index in [9.17, 15) is 0 Å². The van der Waals surface area contributed by atoms with Crippen molar-refractivity contribution in [2.45, 2.75) is 32.1 Å². The fraction of sp³-hybridized carbons (Fsp3) is 0.909. The summed E-state index contributed by atoms with van der Waals surface area (Å²) in [5.41, 5.74) is 0. The molecule has 0 spiro atoms. The van der Waals surface area contributed by atoms with Crippen molar-refractivity contribution < 1.29 is 0 Å². The van der Waals surface area contributed by atoms with Gasteiger partial charge in [-0.2, -0.15) is 0 Å². The van der Waals surface area contributed by atoms with Gasteiger partial charge in [0.15, 0.2) is 0 Å². The Morgan fingerprint density at radius 1 is 1.23 bits per heavy atom. The summed E-state index contributed by atoms with van der Waals surface area (Å²) >= 11 is 0. The smallest absolute Gasteiger partial charge is 0.0388 e. The van der Waals surface area contributed by atoms with Crippen molar-refractivity contribution in [1.82, 2.24) is 4.90 Å². The van der Waals surface area contributed by atoms with Crippen LogP contribution in [-0.4, -0.2) is 37.3 Å². The molecule has 2 rings (SSSR count). The van der Waals surface area contributed by atoms with Gasteiger partial charge < -0.3 is 4.90 Å². The average molecular weight is 180 g/mol. The van der Waals surface area contributed by atoms with Gasteiger partial charge in [0, 0.05) is 13.1 Å². The normalized spacial score (nSPS) is 30.6. The Hall–Kier alpha value is -0.370. The number of piperidine rings is 1. The number of likely N-dealkylation sites (tertiary alicyclic amines) is 1. The predicted octanol–water partition coefficient (Wildman–Crippen LogP) is 1.95. The number of hydrogen-bond acceptors (Lipinski definition) is 2. The van der Waals surface area contributed by atoms with Crippen molar-refractivity contribution in [2.75, 3.05) is 26.2 Å². The molecule has 2 nitrogen and oxygen atoms in total. The van der Waals surface area contributed by atoms with Crippen molar-refractivity contribution in [1.29, 1.82) is 0 Å². The van der Waals surface area contributed by atoms with E-state index in [0.29, 0.717) is 0 Å². The number of hydrogen-bond donors (Lipinski definition) is 0. The van der Waals surface area contributed by atoms with Crippen molar-refractivity contribution in [3.05, 3.63) is 0 Å². The largest absolute Gasteiger partial charge is 0.303 e. The van der Waals surface area contributed by atoms with E-state index < -0.39 is 0 Å². The zero-order chi connectivity index (χ0) is 8.93. The third kappa shape index (κ3) is 2.80. The highest BCUT2D eigenvalue weighted by Gasteiger charge is 2.16. The molecule has 1 fully saturated rings. The molecule has 2 heterocycles. The van der Waals surface area contributed by atoms with Crippen molar-refractivity contribution in [2.24, 2.45) is 10.9 Å². The maximum absolute atomic E-state index is 4.28. The van der Waals surface area contributed by atoms with Crippen LogP contribution in [0.3, 0.4) is 0 Å². The number of nitrogens with zero attached hydrogens (tertiary/aromatic N) is 2. The first kappa shape index (κ1) is 9.20. The van der Waals surface area contributed by atoms with Gasteiger partial charge in [-0.1, -0.05) is 6.42 Å². The maximum Gasteiger partial charge on any atom is 0.0388 e. The second kappa shape index (κ2) is 4.75. The average Bonchev–Trinajstić information content (AvgIpc) is 2.21. The van der Waals surface area contributed by atoms with Crippen LogP contribution in [0, 0.1) is 5.92 Å². The Balaban J connectivity index is 1.72. The molecular weight excluding hydrogens is 160 g/mol. The standard InChI is InChI=1S/C11H20N2/c1-2-8-13(9-3-1)10-11-4-6-12-7-5-11/h6,11H,1-5,7-10H2. The molecule has 0 aliphatic carbocycles. The van der Waals surface area contributed by atoms with Crippen LogP contribution in [0.1, 0.15) is 32.1 Å². The molecule has 0 N–H and O–H groups in total. The Bertz CT molecular complexity index is 171. The first-order valence-corrected chi connectivity index (χ1v) is 5.66. The van der Waals surface area contributed by atoms with Crippen LogP contribution in [0.25, 0.3) is 0 Å². The lowest BCUT2D eigenvalue weighted by molar-refractivity contribution is 0.192. The van der Waals surface area contributed by atoms with Crippen LogP contribution in [0.15, 0.2) is 4.99 Å². The first-order valence-electron chi connectivity index (χ1n) is 5.66. The fourth-order valence-electron chi connectivity index (χ4n) is 2.36. The molecule has 1 unspecified atom stereocenters. The summed E-state index contributed by atoms with van der Waals surface area (Å²) in [5.74, 6) is 0.899.